The third-order valence-corrected chi connectivity index (χ3v) is 2.49. The fourth-order valence-electron chi connectivity index (χ4n) is 1.53. The van der Waals surface area contributed by atoms with Crippen molar-refractivity contribution in [3.05, 3.63) is 12.2 Å². The first kappa shape index (κ1) is 12.0. The molecule has 0 saturated heterocycles. The van der Waals surface area contributed by atoms with Gasteiger partial charge < -0.3 is 4.74 Å². The molecule has 0 N–H and O–H groups in total. The van der Waals surface area contributed by atoms with E-state index in [4.69, 9.17) is 4.74 Å². The van der Waals surface area contributed by atoms with Crippen molar-refractivity contribution in [2.75, 3.05) is 0 Å². The van der Waals surface area contributed by atoms with Crippen molar-refractivity contribution < 1.29 is 14.3 Å². The van der Waals surface area contributed by atoms with Crippen LogP contribution >= 0.6 is 0 Å². The van der Waals surface area contributed by atoms with E-state index in [2.05, 4.69) is 0 Å². The Kier molecular flexibility index (Phi) is 5.08. The number of ether oxygens (including phenoxy) is 1. The van der Waals surface area contributed by atoms with Crippen molar-refractivity contribution in [1.82, 2.24) is 0 Å². The SMILES string of the molecule is C[C@H]1OC(=O)CCCCCC/C=C/C1=O. The number of allylic oxidation sites excluding steroid dienone is 1. The zero-order chi connectivity index (χ0) is 11.1. The maximum Gasteiger partial charge on any atom is 0.306 e. The van der Waals surface area contributed by atoms with Gasteiger partial charge in [-0.2, -0.15) is 0 Å². The van der Waals surface area contributed by atoms with Gasteiger partial charge in [-0.3, -0.25) is 9.59 Å². The number of ketones is 1. The maximum absolute atomic E-state index is 11.4. The highest BCUT2D eigenvalue weighted by molar-refractivity contribution is 5.94. The topological polar surface area (TPSA) is 43.4 Å². The Labute approximate surface area is 90.5 Å². The van der Waals surface area contributed by atoms with Gasteiger partial charge in [-0.25, -0.2) is 0 Å². The molecule has 0 saturated carbocycles. The molecule has 1 rings (SSSR count). The van der Waals surface area contributed by atoms with E-state index in [1.807, 2.05) is 6.08 Å². The van der Waals surface area contributed by atoms with E-state index in [-0.39, 0.29) is 11.8 Å². The number of hydrogen-bond donors (Lipinski definition) is 0. The second-order valence-corrected chi connectivity index (χ2v) is 3.89. The summed E-state index contributed by atoms with van der Waals surface area (Å²) in [6.45, 7) is 1.62. The van der Waals surface area contributed by atoms with Gasteiger partial charge in [-0.1, -0.05) is 18.9 Å². The van der Waals surface area contributed by atoms with Crippen LogP contribution in [0.5, 0.6) is 0 Å². The lowest BCUT2D eigenvalue weighted by atomic mass is 10.1. The lowest BCUT2D eigenvalue weighted by Crippen LogP contribution is -2.22. The van der Waals surface area contributed by atoms with E-state index in [1.54, 1.807) is 6.92 Å². The fourth-order valence-corrected chi connectivity index (χ4v) is 1.53. The fraction of sp³-hybridized carbons (Fsp3) is 0.667. The summed E-state index contributed by atoms with van der Waals surface area (Å²) in [5.74, 6) is -0.381. The molecule has 0 aliphatic carbocycles. The molecular weight excluding hydrogens is 192 g/mol. The first-order valence-corrected chi connectivity index (χ1v) is 5.60. The quantitative estimate of drug-likeness (QED) is 0.576. The van der Waals surface area contributed by atoms with E-state index < -0.39 is 6.10 Å². The zero-order valence-electron chi connectivity index (χ0n) is 9.20. The maximum atomic E-state index is 11.4. The summed E-state index contributed by atoms with van der Waals surface area (Å²) in [7, 11) is 0. The van der Waals surface area contributed by atoms with Gasteiger partial charge in [0.15, 0.2) is 11.9 Å². The number of carbonyl (C=O) groups is 2. The first-order chi connectivity index (χ1) is 7.20. The molecule has 1 heterocycles. The molecule has 0 bridgehead atoms. The minimum absolute atomic E-state index is 0.121. The molecule has 1 atom stereocenters. The van der Waals surface area contributed by atoms with Gasteiger partial charge in [0.2, 0.25) is 0 Å². The Morgan fingerprint density at radius 2 is 1.93 bits per heavy atom. The molecular formula is C12H18O3. The van der Waals surface area contributed by atoms with Gasteiger partial charge in [0, 0.05) is 6.42 Å². The van der Waals surface area contributed by atoms with Crippen molar-refractivity contribution in [1.29, 1.82) is 0 Å². The van der Waals surface area contributed by atoms with Crippen molar-refractivity contribution >= 4 is 11.8 Å². The largest absolute Gasteiger partial charge is 0.454 e. The molecule has 0 spiro atoms. The Morgan fingerprint density at radius 3 is 2.73 bits per heavy atom. The summed E-state index contributed by atoms with van der Waals surface area (Å²) >= 11 is 0. The van der Waals surface area contributed by atoms with Crippen LogP contribution in [0.4, 0.5) is 0 Å². The number of cyclic esters (lactones) is 1. The molecule has 3 heteroatoms. The zero-order valence-corrected chi connectivity index (χ0v) is 9.20. The van der Waals surface area contributed by atoms with Crippen molar-refractivity contribution in [3.8, 4) is 0 Å². The Bertz CT molecular complexity index is 256. The second kappa shape index (κ2) is 6.38. The second-order valence-electron chi connectivity index (χ2n) is 3.89. The van der Waals surface area contributed by atoms with Gasteiger partial charge in [0.1, 0.15) is 0 Å². The van der Waals surface area contributed by atoms with Gasteiger partial charge in [0.25, 0.3) is 0 Å². The van der Waals surface area contributed by atoms with Gasteiger partial charge >= 0.3 is 5.97 Å². The predicted octanol–water partition coefficient (Wildman–Crippen LogP) is 2.40. The van der Waals surface area contributed by atoms with E-state index >= 15 is 0 Å². The van der Waals surface area contributed by atoms with Crippen LogP contribution in [0.1, 0.15) is 45.4 Å². The molecule has 84 valence electrons. The molecule has 0 aromatic rings. The van der Waals surface area contributed by atoms with E-state index in [0.717, 1.165) is 32.1 Å². The summed E-state index contributed by atoms with van der Waals surface area (Å²) in [5.41, 5.74) is 0. The van der Waals surface area contributed by atoms with Gasteiger partial charge in [-0.05, 0) is 32.3 Å². The highest BCUT2D eigenvalue weighted by Crippen LogP contribution is 2.09. The average Bonchev–Trinajstić information content (AvgIpc) is 2.19. The Balaban J connectivity index is 2.53. The lowest BCUT2D eigenvalue weighted by Gasteiger charge is -2.10. The molecule has 0 radical (unpaired) electrons. The lowest BCUT2D eigenvalue weighted by molar-refractivity contribution is -0.152. The van der Waals surface area contributed by atoms with Crippen LogP contribution in [0.15, 0.2) is 12.2 Å². The van der Waals surface area contributed by atoms with Crippen LogP contribution in [0, 0.1) is 0 Å². The van der Waals surface area contributed by atoms with Crippen LogP contribution in [0.25, 0.3) is 0 Å². The highest BCUT2D eigenvalue weighted by atomic mass is 16.5. The summed E-state index contributed by atoms with van der Waals surface area (Å²) in [4.78, 5) is 22.7. The van der Waals surface area contributed by atoms with Crippen LogP contribution in [0.3, 0.4) is 0 Å². The third kappa shape index (κ3) is 4.77. The van der Waals surface area contributed by atoms with Gasteiger partial charge in [-0.15, -0.1) is 0 Å². The Morgan fingerprint density at radius 1 is 1.20 bits per heavy atom. The molecule has 0 aromatic carbocycles. The Hall–Kier alpha value is -1.12. The smallest absolute Gasteiger partial charge is 0.306 e. The van der Waals surface area contributed by atoms with Crippen LogP contribution in [-0.2, 0) is 14.3 Å². The monoisotopic (exact) mass is 210 g/mol. The predicted molar refractivity (Wildman–Crippen MR) is 57.4 cm³/mol. The normalized spacial score (nSPS) is 27.4. The number of rotatable bonds is 0. The molecule has 1 aliphatic rings. The minimum atomic E-state index is -0.631. The molecule has 0 amide bonds. The molecule has 0 fully saturated rings. The van der Waals surface area contributed by atoms with E-state index in [0.29, 0.717) is 6.42 Å². The highest BCUT2D eigenvalue weighted by Gasteiger charge is 2.15. The summed E-state index contributed by atoms with van der Waals surface area (Å²) < 4.78 is 5.00. The molecule has 0 unspecified atom stereocenters. The van der Waals surface area contributed by atoms with E-state index in [1.165, 1.54) is 6.08 Å². The van der Waals surface area contributed by atoms with Crippen LogP contribution < -0.4 is 0 Å². The summed E-state index contributed by atoms with van der Waals surface area (Å²) in [6.07, 6.45) is 8.26. The molecule has 3 nitrogen and oxygen atoms in total. The minimum Gasteiger partial charge on any atom is -0.454 e. The molecule has 0 aromatic heterocycles. The third-order valence-electron chi connectivity index (χ3n) is 2.49. The van der Waals surface area contributed by atoms with Crippen molar-refractivity contribution in [3.63, 3.8) is 0 Å². The molecule has 15 heavy (non-hydrogen) atoms. The van der Waals surface area contributed by atoms with Crippen molar-refractivity contribution in [2.24, 2.45) is 0 Å². The van der Waals surface area contributed by atoms with Crippen LogP contribution in [-0.4, -0.2) is 17.9 Å². The first-order valence-electron chi connectivity index (χ1n) is 5.60. The van der Waals surface area contributed by atoms with Crippen molar-refractivity contribution in [2.45, 2.75) is 51.6 Å². The summed E-state index contributed by atoms with van der Waals surface area (Å²) in [6, 6.07) is 0. The standard InChI is InChI=1S/C12H18O3/c1-10-11(13)8-6-4-2-3-5-7-9-12(14)15-10/h6,8,10H,2-5,7,9H2,1H3/b8-6+/t10-/m1/s1. The van der Waals surface area contributed by atoms with Gasteiger partial charge in [0.05, 0.1) is 0 Å². The average molecular weight is 210 g/mol. The number of hydrogen-bond acceptors (Lipinski definition) is 3. The number of carbonyl (C=O) groups excluding carboxylic acids is 2. The summed E-state index contributed by atoms with van der Waals surface area (Å²) in [5, 5.41) is 0. The molecule has 1 aliphatic heterocycles. The number of esters is 1. The van der Waals surface area contributed by atoms with Crippen LogP contribution in [0.2, 0.25) is 0 Å². The van der Waals surface area contributed by atoms with E-state index in [9.17, 15) is 9.59 Å².